The highest BCUT2D eigenvalue weighted by atomic mass is 35.5. The Hall–Kier alpha value is -0.570. The van der Waals surface area contributed by atoms with Crippen molar-refractivity contribution in [3.63, 3.8) is 0 Å². The monoisotopic (exact) mass is 268 g/mol. The Labute approximate surface area is 114 Å². The summed E-state index contributed by atoms with van der Waals surface area (Å²) >= 11 is 5.83. The first kappa shape index (κ1) is 13.9. The van der Waals surface area contributed by atoms with E-state index in [-0.39, 0.29) is 6.10 Å². The molecule has 2 unspecified atom stereocenters. The number of rotatable bonds is 6. The Kier molecular flexibility index (Phi) is 5.48. The van der Waals surface area contributed by atoms with Crippen LogP contribution in [-0.4, -0.2) is 23.9 Å². The summed E-state index contributed by atoms with van der Waals surface area (Å²) in [6.07, 6.45) is 6.24. The third-order valence-corrected chi connectivity index (χ3v) is 3.72. The van der Waals surface area contributed by atoms with E-state index in [1.54, 1.807) is 0 Å². The van der Waals surface area contributed by atoms with Crippen LogP contribution in [0.3, 0.4) is 0 Å². The van der Waals surface area contributed by atoms with Gasteiger partial charge in [-0.25, -0.2) is 0 Å². The Morgan fingerprint density at radius 1 is 1.33 bits per heavy atom. The smallest absolute Gasteiger partial charge is 0.0580 e. The van der Waals surface area contributed by atoms with E-state index in [0.29, 0.717) is 12.5 Å². The summed E-state index contributed by atoms with van der Waals surface area (Å²) < 4.78 is 5.57. The fraction of sp³-hybridized carbons (Fsp3) is 0.600. The van der Waals surface area contributed by atoms with Gasteiger partial charge in [0.25, 0.3) is 0 Å². The first-order chi connectivity index (χ1) is 8.74. The molecule has 2 nitrogen and oxygen atoms in total. The van der Waals surface area contributed by atoms with Gasteiger partial charge in [-0.1, -0.05) is 23.7 Å². The van der Waals surface area contributed by atoms with E-state index in [2.05, 4.69) is 0 Å². The molecule has 2 rings (SSSR count). The highest BCUT2D eigenvalue weighted by Gasteiger charge is 2.15. The van der Waals surface area contributed by atoms with Crippen molar-refractivity contribution >= 4 is 11.6 Å². The lowest BCUT2D eigenvalue weighted by Crippen LogP contribution is -2.12. The molecule has 2 atom stereocenters. The van der Waals surface area contributed by atoms with Crippen molar-refractivity contribution in [2.45, 2.75) is 50.7 Å². The molecule has 0 saturated carbocycles. The lowest BCUT2D eigenvalue weighted by Gasteiger charge is -2.13. The summed E-state index contributed by atoms with van der Waals surface area (Å²) in [4.78, 5) is 0. The number of aliphatic hydroxyl groups excluding tert-OH is 1. The molecule has 1 aliphatic rings. The number of ether oxygens (including phenoxy) is 1. The second kappa shape index (κ2) is 7.13. The quantitative estimate of drug-likeness (QED) is 0.854. The summed E-state index contributed by atoms with van der Waals surface area (Å²) in [5.41, 5.74) is 1.14. The zero-order valence-corrected chi connectivity index (χ0v) is 11.4. The van der Waals surface area contributed by atoms with Gasteiger partial charge in [0.1, 0.15) is 0 Å². The maximum Gasteiger partial charge on any atom is 0.0580 e. The van der Waals surface area contributed by atoms with E-state index in [0.717, 1.165) is 36.5 Å². The van der Waals surface area contributed by atoms with Crippen molar-refractivity contribution < 1.29 is 9.84 Å². The van der Waals surface area contributed by atoms with Crippen molar-refractivity contribution in [3.05, 3.63) is 34.9 Å². The third kappa shape index (κ3) is 4.60. The first-order valence-electron chi connectivity index (χ1n) is 6.78. The lowest BCUT2D eigenvalue weighted by atomic mass is 10.0. The molecule has 3 heteroatoms. The minimum atomic E-state index is -0.257. The summed E-state index contributed by atoms with van der Waals surface area (Å²) in [7, 11) is 0. The van der Waals surface area contributed by atoms with Crippen LogP contribution in [0, 0.1) is 0 Å². The van der Waals surface area contributed by atoms with Crippen LogP contribution in [0.1, 0.15) is 37.7 Å². The molecular weight excluding hydrogens is 248 g/mol. The maximum atomic E-state index is 9.97. The van der Waals surface area contributed by atoms with Crippen molar-refractivity contribution in [2.75, 3.05) is 6.61 Å². The van der Waals surface area contributed by atoms with E-state index in [9.17, 15) is 5.11 Å². The van der Waals surface area contributed by atoms with Crippen LogP contribution in [-0.2, 0) is 11.2 Å². The Bertz CT molecular complexity index is 344. The standard InChI is InChI=1S/C15H21ClO2/c16-13-8-6-12(7-9-13)11-14(17)3-1-4-15-5-2-10-18-15/h6-9,14-15,17H,1-5,10-11H2. The molecule has 1 heterocycles. The largest absolute Gasteiger partial charge is 0.393 e. The number of benzene rings is 1. The van der Waals surface area contributed by atoms with Gasteiger partial charge < -0.3 is 9.84 Å². The van der Waals surface area contributed by atoms with Gasteiger partial charge in [-0.15, -0.1) is 0 Å². The predicted octanol–water partition coefficient (Wildman–Crippen LogP) is 3.59. The van der Waals surface area contributed by atoms with Gasteiger partial charge in [-0.05, 0) is 56.2 Å². The predicted molar refractivity (Wildman–Crippen MR) is 74.0 cm³/mol. The lowest BCUT2D eigenvalue weighted by molar-refractivity contribution is 0.0945. The molecule has 1 fully saturated rings. The van der Waals surface area contributed by atoms with Gasteiger partial charge in [0.2, 0.25) is 0 Å². The second-order valence-electron chi connectivity index (χ2n) is 5.05. The first-order valence-corrected chi connectivity index (χ1v) is 7.16. The van der Waals surface area contributed by atoms with E-state index in [4.69, 9.17) is 16.3 Å². The molecule has 1 aliphatic heterocycles. The molecule has 1 aromatic rings. The fourth-order valence-electron chi connectivity index (χ4n) is 2.45. The molecule has 0 radical (unpaired) electrons. The summed E-state index contributed by atoms with van der Waals surface area (Å²) in [5, 5.41) is 10.7. The molecule has 18 heavy (non-hydrogen) atoms. The normalized spacial score (nSPS) is 21.1. The van der Waals surface area contributed by atoms with Gasteiger partial charge >= 0.3 is 0 Å². The molecule has 0 amide bonds. The second-order valence-corrected chi connectivity index (χ2v) is 5.49. The fourth-order valence-corrected chi connectivity index (χ4v) is 2.57. The molecule has 0 aliphatic carbocycles. The van der Waals surface area contributed by atoms with Gasteiger partial charge in [-0.2, -0.15) is 0 Å². The molecular formula is C15H21ClO2. The van der Waals surface area contributed by atoms with Crippen molar-refractivity contribution in [2.24, 2.45) is 0 Å². The SMILES string of the molecule is OC(CCCC1CCCO1)Cc1ccc(Cl)cc1. The zero-order valence-electron chi connectivity index (χ0n) is 10.6. The van der Waals surface area contributed by atoms with E-state index >= 15 is 0 Å². The van der Waals surface area contributed by atoms with Gasteiger partial charge in [-0.3, -0.25) is 0 Å². The third-order valence-electron chi connectivity index (χ3n) is 3.47. The molecule has 1 saturated heterocycles. The van der Waals surface area contributed by atoms with Crippen LogP contribution in [0.4, 0.5) is 0 Å². The topological polar surface area (TPSA) is 29.5 Å². The summed E-state index contributed by atoms with van der Waals surface area (Å²) in [6.45, 7) is 0.915. The minimum Gasteiger partial charge on any atom is -0.393 e. The minimum absolute atomic E-state index is 0.257. The summed E-state index contributed by atoms with van der Waals surface area (Å²) in [5.74, 6) is 0. The van der Waals surface area contributed by atoms with E-state index < -0.39 is 0 Å². The molecule has 0 bridgehead atoms. The number of hydrogen-bond donors (Lipinski definition) is 1. The van der Waals surface area contributed by atoms with Crippen molar-refractivity contribution in [1.29, 1.82) is 0 Å². The van der Waals surface area contributed by atoms with Crippen LogP contribution < -0.4 is 0 Å². The Morgan fingerprint density at radius 2 is 2.11 bits per heavy atom. The molecule has 1 aromatic carbocycles. The molecule has 0 aromatic heterocycles. The molecule has 100 valence electrons. The number of halogens is 1. The summed E-state index contributed by atoms with van der Waals surface area (Å²) in [6, 6.07) is 7.70. The van der Waals surface area contributed by atoms with Crippen LogP contribution in [0.2, 0.25) is 5.02 Å². The van der Waals surface area contributed by atoms with Gasteiger partial charge in [0, 0.05) is 11.6 Å². The highest BCUT2D eigenvalue weighted by Crippen LogP contribution is 2.19. The van der Waals surface area contributed by atoms with Crippen LogP contribution in [0.15, 0.2) is 24.3 Å². The number of hydrogen-bond acceptors (Lipinski definition) is 2. The average Bonchev–Trinajstić information content (AvgIpc) is 2.85. The Balaban J connectivity index is 1.65. The van der Waals surface area contributed by atoms with Gasteiger partial charge in [0.05, 0.1) is 12.2 Å². The Morgan fingerprint density at radius 3 is 2.78 bits per heavy atom. The molecule has 0 spiro atoms. The maximum absolute atomic E-state index is 9.97. The number of aliphatic hydroxyl groups is 1. The van der Waals surface area contributed by atoms with Crippen LogP contribution in [0.5, 0.6) is 0 Å². The molecule has 1 N–H and O–H groups in total. The van der Waals surface area contributed by atoms with Crippen LogP contribution >= 0.6 is 11.6 Å². The zero-order chi connectivity index (χ0) is 12.8. The van der Waals surface area contributed by atoms with E-state index in [1.807, 2.05) is 24.3 Å². The van der Waals surface area contributed by atoms with E-state index in [1.165, 1.54) is 12.8 Å². The average molecular weight is 269 g/mol. The van der Waals surface area contributed by atoms with Crippen molar-refractivity contribution in [3.8, 4) is 0 Å². The highest BCUT2D eigenvalue weighted by molar-refractivity contribution is 6.30. The van der Waals surface area contributed by atoms with Crippen molar-refractivity contribution in [1.82, 2.24) is 0 Å². The van der Waals surface area contributed by atoms with Gasteiger partial charge in [0.15, 0.2) is 0 Å². The van der Waals surface area contributed by atoms with Crippen LogP contribution in [0.25, 0.3) is 0 Å².